The van der Waals surface area contributed by atoms with Gasteiger partial charge in [-0.25, -0.2) is 9.97 Å². The lowest BCUT2D eigenvalue weighted by Crippen LogP contribution is -2.31. The van der Waals surface area contributed by atoms with Crippen molar-refractivity contribution in [2.24, 2.45) is 0 Å². The highest BCUT2D eigenvalue weighted by Gasteiger charge is 2.18. The summed E-state index contributed by atoms with van der Waals surface area (Å²) < 4.78 is 5.54. The topological polar surface area (TPSA) is 64.1 Å². The van der Waals surface area contributed by atoms with Crippen molar-refractivity contribution in [2.45, 2.75) is 51.6 Å². The predicted molar refractivity (Wildman–Crippen MR) is 100 cm³/mol. The molecule has 2 heterocycles. The quantitative estimate of drug-likeness (QED) is 0.918. The molecule has 1 aromatic heterocycles. The van der Waals surface area contributed by atoms with E-state index in [1.54, 1.807) is 0 Å². The number of nitrogens with one attached hydrogen (secondary N) is 1. The maximum absolute atomic E-state index is 12.3. The minimum absolute atomic E-state index is 0.0606. The van der Waals surface area contributed by atoms with Gasteiger partial charge >= 0.3 is 0 Å². The summed E-state index contributed by atoms with van der Waals surface area (Å²) in [5.74, 6) is 0.698. The van der Waals surface area contributed by atoms with Crippen LogP contribution in [-0.2, 0) is 17.6 Å². The van der Waals surface area contributed by atoms with Gasteiger partial charge in [0.1, 0.15) is 0 Å². The summed E-state index contributed by atoms with van der Waals surface area (Å²) in [5, 5.41) is 2.95. The SMILES string of the molecule is Cc1nc(-c2ccc(C(=O)NC[C@@H]3CCCO3)cc2)nc2c1CCCC2. The average molecular weight is 351 g/mol. The van der Waals surface area contributed by atoms with Crippen molar-refractivity contribution < 1.29 is 9.53 Å². The third-order valence-electron chi connectivity index (χ3n) is 5.31. The number of nitrogens with zero attached hydrogens (tertiary/aromatic N) is 2. The van der Waals surface area contributed by atoms with E-state index in [2.05, 4.69) is 12.2 Å². The van der Waals surface area contributed by atoms with E-state index in [1.807, 2.05) is 24.3 Å². The number of fused-ring (bicyclic) bond motifs is 1. The number of amides is 1. The van der Waals surface area contributed by atoms with Gasteiger partial charge in [-0.3, -0.25) is 4.79 Å². The number of rotatable bonds is 4. The van der Waals surface area contributed by atoms with Crippen LogP contribution in [0.5, 0.6) is 0 Å². The Hall–Kier alpha value is -2.27. The van der Waals surface area contributed by atoms with Gasteiger partial charge in [-0.15, -0.1) is 0 Å². The van der Waals surface area contributed by atoms with E-state index >= 15 is 0 Å². The third kappa shape index (κ3) is 3.63. The van der Waals surface area contributed by atoms with E-state index in [-0.39, 0.29) is 12.0 Å². The van der Waals surface area contributed by atoms with Crippen LogP contribution in [0, 0.1) is 6.92 Å². The van der Waals surface area contributed by atoms with Crippen molar-refractivity contribution in [1.82, 2.24) is 15.3 Å². The fourth-order valence-corrected chi connectivity index (χ4v) is 3.80. The molecule has 0 spiro atoms. The van der Waals surface area contributed by atoms with Crippen molar-refractivity contribution in [3.05, 3.63) is 46.8 Å². The number of aromatic nitrogens is 2. The van der Waals surface area contributed by atoms with Crippen LogP contribution < -0.4 is 5.32 Å². The standard InChI is InChI=1S/C21H25N3O2/c1-14-18-6-2-3-7-19(18)24-20(23-14)15-8-10-16(11-9-15)21(25)22-13-17-5-4-12-26-17/h8-11,17H,2-7,12-13H2,1H3,(H,22,25)/t17-/m0/s1. The lowest BCUT2D eigenvalue weighted by molar-refractivity contribution is 0.0858. The zero-order valence-electron chi connectivity index (χ0n) is 15.3. The highest BCUT2D eigenvalue weighted by Crippen LogP contribution is 2.25. The molecule has 4 rings (SSSR count). The molecular formula is C21H25N3O2. The van der Waals surface area contributed by atoms with Gasteiger partial charge in [0.25, 0.3) is 5.91 Å². The van der Waals surface area contributed by atoms with Crippen LogP contribution in [0.1, 0.15) is 53.0 Å². The second kappa shape index (κ2) is 7.54. The van der Waals surface area contributed by atoms with E-state index < -0.39 is 0 Å². The molecule has 1 N–H and O–H groups in total. The highest BCUT2D eigenvalue weighted by atomic mass is 16.5. The molecule has 1 aliphatic carbocycles. The maximum atomic E-state index is 12.3. The molecule has 26 heavy (non-hydrogen) atoms. The van der Waals surface area contributed by atoms with E-state index in [0.717, 1.165) is 49.4 Å². The van der Waals surface area contributed by atoms with Gasteiger partial charge in [0.2, 0.25) is 0 Å². The predicted octanol–water partition coefficient (Wildman–Crippen LogP) is 3.24. The van der Waals surface area contributed by atoms with E-state index in [9.17, 15) is 4.79 Å². The van der Waals surface area contributed by atoms with Crippen LogP contribution in [0.4, 0.5) is 0 Å². The second-order valence-corrected chi connectivity index (χ2v) is 7.19. The monoisotopic (exact) mass is 351 g/mol. The summed E-state index contributed by atoms with van der Waals surface area (Å²) in [7, 11) is 0. The Kier molecular flexibility index (Phi) is 4.98. The van der Waals surface area contributed by atoms with Crippen molar-refractivity contribution in [3.63, 3.8) is 0 Å². The van der Waals surface area contributed by atoms with E-state index in [0.29, 0.717) is 12.1 Å². The number of carbonyl (C=O) groups excluding carboxylic acids is 1. The number of aryl methyl sites for hydroxylation is 2. The Bertz CT molecular complexity index is 796. The first kappa shape index (κ1) is 17.2. The molecule has 2 aromatic rings. The summed E-state index contributed by atoms with van der Waals surface area (Å²) in [5.41, 5.74) is 5.21. The molecule has 1 aliphatic heterocycles. The van der Waals surface area contributed by atoms with Crippen molar-refractivity contribution in [1.29, 1.82) is 0 Å². The van der Waals surface area contributed by atoms with Crippen LogP contribution >= 0.6 is 0 Å². The van der Waals surface area contributed by atoms with Crippen LogP contribution in [0.15, 0.2) is 24.3 Å². The minimum Gasteiger partial charge on any atom is -0.376 e. The smallest absolute Gasteiger partial charge is 0.251 e. The summed E-state index contributed by atoms with van der Waals surface area (Å²) >= 11 is 0. The number of hydrogen-bond acceptors (Lipinski definition) is 4. The van der Waals surface area contributed by atoms with Gasteiger partial charge in [0, 0.05) is 35.7 Å². The molecule has 136 valence electrons. The van der Waals surface area contributed by atoms with E-state index in [1.165, 1.54) is 24.1 Å². The molecule has 1 amide bonds. The van der Waals surface area contributed by atoms with Crippen LogP contribution in [0.25, 0.3) is 11.4 Å². The molecule has 0 saturated carbocycles. The lowest BCUT2D eigenvalue weighted by atomic mass is 9.95. The van der Waals surface area contributed by atoms with Gasteiger partial charge in [0.15, 0.2) is 5.82 Å². The molecule has 0 unspecified atom stereocenters. The van der Waals surface area contributed by atoms with Crippen LogP contribution in [0.3, 0.4) is 0 Å². The molecule has 1 saturated heterocycles. The maximum Gasteiger partial charge on any atom is 0.251 e. The normalized spacial score (nSPS) is 19.2. The Morgan fingerprint density at radius 3 is 2.73 bits per heavy atom. The molecule has 5 nitrogen and oxygen atoms in total. The van der Waals surface area contributed by atoms with Crippen LogP contribution in [0.2, 0.25) is 0 Å². The molecule has 1 aromatic carbocycles. The zero-order valence-corrected chi connectivity index (χ0v) is 15.3. The van der Waals surface area contributed by atoms with Crippen LogP contribution in [-0.4, -0.2) is 35.1 Å². The zero-order chi connectivity index (χ0) is 17.9. The molecule has 1 atom stereocenters. The Morgan fingerprint density at radius 1 is 1.15 bits per heavy atom. The molecular weight excluding hydrogens is 326 g/mol. The van der Waals surface area contributed by atoms with Gasteiger partial charge in [-0.05, 0) is 63.1 Å². The summed E-state index contributed by atoms with van der Waals surface area (Å²) in [6.07, 6.45) is 6.81. The summed E-state index contributed by atoms with van der Waals surface area (Å²) in [4.78, 5) is 21.8. The summed E-state index contributed by atoms with van der Waals surface area (Å²) in [6.45, 7) is 3.45. The summed E-state index contributed by atoms with van der Waals surface area (Å²) in [6, 6.07) is 7.56. The van der Waals surface area contributed by atoms with Crippen molar-refractivity contribution in [2.75, 3.05) is 13.2 Å². The Labute approximate surface area is 154 Å². The first-order valence-electron chi connectivity index (χ1n) is 9.57. The van der Waals surface area contributed by atoms with Crippen molar-refractivity contribution >= 4 is 5.91 Å². The number of benzene rings is 1. The third-order valence-corrected chi connectivity index (χ3v) is 5.31. The molecule has 1 fully saturated rings. The van der Waals surface area contributed by atoms with Crippen molar-refractivity contribution in [3.8, 4) is 11.4 Å². The number of carbonyl (C=O) groups is 1. The first-order valence-corrected chi connectivity index (χ1v) is 9.57. The average Bonchev–Trinajstić information content (AvgIpc) is 3.20. The van der Waals surface area contributed by atoms with Gasteiger partial charge in [-0.1, -0.05) is 12.1 Å². The molecule has 2 aliphatic rings. The highest BCUT2D eigenvalue weighted by molar-refractivity contribution is 5.94. The second-order valence-electron chi connectivity index (χ2n) is 7.19. The lowest BCUT2D eigenvalue weighted by Gasteiger charge is -2.17. The minimum atomic E-state index is -0.0606. The van der Waals surface area contributed by atoms with E-state index in [4.69, 9.17) is 14.7 Å². The number of hydrogen-bond donors (Lipinski definition) is 1. The molecule has 5 heteroatoms. The first-order chi connectivity index (χ1) is 12.7. The Balaban J connectivity index is 1.47. The largest absolute Gasteiger partial charge is 0.376 e. The fourth-order valence-electron chi connectivity index (χ4n) is 3.80. The number of ether oxygens (including phenoxy) is 1. The molecule has 0 bridgehead atoms. The fraction of sp³-hybridized carbons (Fsp3) is 0.476. The molecule has 0 radical (unpaired) electrons. The van der Waals surface area contributed by atoms with Gasteiger partial charge in [0.05, 0.1) is 6.10 Å². The Morgan fingerprint density at radius 2 is 1.96 bits per heavy atom. The van der Waals surface area contributed by atoms with Gasteiger partial charge < -0.3 is 10.1 Å². The van der Waals surface area contributed by atoms with Gasteiger partial charge in [-0.2, -0.15) is 0 Å².